The third-order valence-corrected chi connectivity index (χ3v) is 3.22. The van der Waals surface area contributed by atoms with E-state index in [4.69, 9.17) is 0 Å². The van der Waals surface area contributed by atoms with Crippen LogP contribution in [0.4, 0.5) is 18.9 Å². The first-order valence-corrected chi connectivity index (χ1v) is 6.78. The number of alkyl halides is 3. The Morgan fingerprint density at radius 1 is 1.00 bits per heavy atom. The number of benzene rings is 2. The number of aryl methyl sites for hydroxylation is 2. The Morgan fingerprint density at radius 2 is 1.59 bits per heavy atom. The summed E-state index contributed by atoms with van der Waals surface area (Å²) in [5, 5.41) is 0. The third-order valence-electron chi connectivity index (χ3n) is 3.22. The summed E-state index contributed by atoms with van der Waals surface area (Å²) in [6, 6.07) is 13.6. The average molecular weight is 307 g/mol. The van der Waals surface area contributed by atoms with Gasteiger partial charge in [0.1, 0.15) is 0 Å². The molecule has 0 saturated carbocycles. The molecule has 0 heterocycles. The normalized spacial score (nSPS) is 11.3. The Kier molecular flexibility index (Phi) is 4.54. The summed E-state index contributed by atoms with van der Waals surface area (Å²) in [4.78, 5) is 12.5. The minimum absolute atomic E-state index is 0.122. The van der Waals surface area contributed by atoms with E-state index >= 15 is 0 Å². The molecule has 0 bridgehead atoms. The lowest BCUT2D eigenvalue weighted by atomic mass is 10.1. The minimum atomic E-state index is -4.91. The Labute approximate surface area is 127 Å². The van der Waals surface area contributed by atoms with E-state index in [9.17, 15) is 18.0 Å². The molecular formula is C17H16F3NO. The highest BCUT2D eigenvalue weighted by molar-refractivity contribution is 5.97. The fourth-order valence-electron chi connectivity index (χ4n) is 2.22. The van der Waals surface area contributed by atoms with E-state index in [-0.39, 0.29) is 12.2 Å². The van der Waals surface area contributed by atoms with Crippen LogP contribution in [0.25, 0.3) is 0 Å². The number of anilines is 1. The third kappa shape index (κ3) is 3.87. The molecule has 0 atom stereocenters. The zero-order valence-electron chi connectivity index (χ0n) is 12.3. The zero-order valence-corrected chi connectivity index (χ0v) is 12.3. The van der Waals surface area contributed by atoms with Crippen molar-refractivity contribution < 1.29 is 18.0 Å². The van der Waals surface area contributed by atoms with Crippen molar-refractivity contribution in [2.75, 3.05) is 4.90 Å². The van der Waals surface area contributed by atoms with Crippen LogP contribution in [0.3, 0.4) is 0 Å². The minimum Gasteiger partial charge on any atom is -0.300 e. The fraction of sp³-hybridized carbons (Fsp3) is 0.235. The van der Waals surface area contributed by atoms with E-state index in [0.717, 1.165) is 16.0 Å². The van der Waals surface area contributed by atoms with E-state index in [0.29, 0.717) is 5.56 Å². The monoisotopic (exact) mass is 307 g/mol. The molecule has 0 N–H and O–H groups in total. The molecule has 2 rings (SSSR count). The molecule has 0 aromatic heterocycles. The lowest BCUT2D eigenvalue weighted by Gasteiger charge is -2.24. The van der Waals surface area contributed by atoms with Gasteiger partial charge in [0, 0.05) is 5.69 Å². The van der Waals surface area contributed by atoms with Crippen LogP contribution in [-0.2, 0) is 11.3 Å². The first kappa shape index (κ1) is 16.1. The lowest BCUT2D eigenvalue weighted by Crippen LogP contribution is -2.40. The predicted octanol–water partition coefficient (Wildman–Crippen LogP) is 4.40. The number of halogens is 3. The van der Waals surface area contributed by atoms with Crippen molar-refractivity contribution in [1.29, 1.82) is 0 Å². The molecule has 2 aromatic rings. The van der Waals surface area contributed by atoms with Crippen molar-refractivity contribution in [2.45, 2.75) is 26.6 Å². The van der Waals surface area contributed by atoms with Crippen molar-refractivity contribution in [2.24, 2.45) is 0 Å². The molecule has 0 saturated heterocycles. The highest BCUT2D eigenvalue weighted by Gasteiger charge is 2.43. The summed E-state index contributed by atoms with van der Waals surface area (Å²) < 4.78 is 38.6. The van der Waals surface area contributed by atoms with E-state index < -0.39 is 12.1 Å². The van der Waals surface area contributed by atoms with Crippen LogP contribution >= 0.6 is 0 Å². The van der Waals surface area contributed by atoms with E-state index in [2.05, 4.69) is 0 Å². The topological polar surface area (TPSA) is 20.3 Å². The van der Waals surface area contributed by atoms with Crippen molar-refractivity contribution >= 4 is 11.6 Å². The molecule has 116 valence electrons. The molecule has 0 aliphatic rings. The first-order valence-electron chi connectivity index (χ1n) is 6.78. The van der Waals surface area contributed by atoms with Crippen molar-refractivity contribution in [3.63, 3.8) is 0 Å². The Hall–Kier alpha value is -2.30. The maximum Gasteiger partial charge on any atom is 0.471 e. The molecule has 0 spiro atoms. The van der Waals surface area contributed by atoms with E-state index in [1.54, 1.807) is 43.3 Å². The number of hydrogen-bond acceptors (Lipinski definition) is 1. The van der Waals surface area contributed by atoms with Gasteiger partial charge in [-0.25, -0.2) is 0 Å². The van der Waals surface area contributed by atoms with Crippen molar-refractivity contribution in [3.05, 3.63) is 65.2 Å². The fourth-order valence-corrected chi connectivity index (χ4v) is 2.22. The summed E-state index contributed by atoms with van der Waals surface area (Å²) in [5.74, 6) is -1.86. The molecule has 0 aliphatic carbocycles. The number of amides is 1. The van der Waals surface area contributed by atoms with Crippen LogP contribution in [0.1, 0.15) is 16.7 Å². The van der Waals surface area contributed by atoms with Crippen molar-refractivity contribution in [1.82, 2.24) is 0 Å². The number of nitrogens with zero attached hydrogens (tertiary/aromatic N) is 1. The first-order chi connectivity index (χ1) is 10.3. The van der Waals surface area contributed by atoms with Gasteiger partial charge in [0.05, 0.1) is 6.54 Å². The van der Waals surface area contributed by atoms with Gasteiger partial charge in [-0.3, -0.25) is 4.79 Å². The van der Waals surface area contributed by atoms with Gasteiger partial charge in [0.15, 0.2) is 0 Å². The number of carbonyl (C=O) groups is 1. The lowest BCUT2D eigenvalue weighted by molar-refractivity contribution is -0.170. The van der Waals surface area contributed by atoms with Crippen LogP contribution in [-0.4, -0.2) is 12.1 Å². The number of carbonyl (C=O) groups excluding carboxylic acids is 1. The predicted molar refractivity (Wildman–Crippen MR) is 79.6 cm³/mol. The molecule has 22 heavy (non-hydrogen) atoms. The second kappa shape index (κ2) is 6.22. The maximum absolute atomic E-state index is 12.9. The highest BCUT2D eigenvalue weighted by Crippen LogP contribution is 2.26. The van der Waals surface area contributed by atoms with Gasteiger partial charge in [-0.2, -0.15) is 13.2 Å². The molecule has 0 aliphatic heterocycles. The van der Waals surface area contributed by atoms with E-state index in [1.165, 1.54) is 6.07 Å². The largest absolute Gasteiger partial charge is 0.471 e. The molecule has 2 nitrogen and oxygen atoms in total. The van der Waals surface area contributed by atoms with Crippen LogP contribution < -0.4 is 4.90 Å². The Balaban J connectivity index is 2.40. The second-order valence-corrected chi connectivity index (χ2v) is 5.22. The molecule has 0 radical (unpaired) electrons. The smallest absolute Gasteiger partial charge is 0.300 e. The van der Waals surface area contributed by atoms with Crippen molar-refractivity contribution in [3.8, 4) is 0 Å². The summed E-state index contributed by atoms with van der Waals surface area (Å²) in [7, 11) is 0. The molecule has 5 heteroatoms. The van der Waals surface area contributed by atoms with Crippen LogP contribution in [0.2, 0.25) is 0 Å². The van der Waals surface area contributed by atoms with Crippen LogP contribution in [0.5, 0.6) is 0 Å². The Morgan fingerprint density at radius 3 is 2.14 bits per heavy atom. The van der Waals surface area contributed by atoms with Gasteiger partial charge in [-0.15, -0.1) is 0 Å². The maximum atomic E-state index is 12.9. The molecule has 2 aromatic carbocycles. The average Bonchev–Trinajstić information content (AvgIpc) is 2.43. The summed E-state index contributed by atoms with van der Waals surface area (Å²) in [6.45, 7) is 3.50. The molecule has 1 amide bonds. The van der Waals surface area contributed by atoms with Gasteiger partial charge in [0.2, 0.25) is 0 Å². The second-order valence-electron chi connectivity index (χ2n) is 5.22. The molecule has 0 unspecified atom stereocenters. The van der Waals surface area contributed by atoms with Gasteiger partial charge < -0.3 is 4.90 Å². The van der Waals surface area contributed by atoms with Gasteiger partial charge >= 0.3 is 12.1 Å². The summed E-state index contributed by atoms with van der Waals surface area (Å²) in [5.41, 5.74) is 2.62. The van der Waals surface area contributed by atoms with E-state index in [1.807, 2.05) is 13.0 Å². The SMILES string of the molecule is Cc1cccc(CN(C(=O)C(F)(F)F)c2cccc(C)c2)c1. The van der Waals surface area contributed by atoms with Crippen LogP contribution in [0.15, 0.2) is 48.5 Å². The molecular weight excluding hydrogens is 291 g/mol. The van der Waals surface area contributed by atoms with Gasteiger partial charge in [-0.05, 0) is 37.1 Å². The summed E-state index contributed by atoms with van der Waals surface area (Å²) >= 11 is 0. The van der Waals surface area contributed by atoms with Crippen LogP contribution in [0, 0.1) is 13.8 Å². The number of rotatable bonds is 3. The number of hydrogen-bond donors (Lipinski definition) is 0. The zero-order chi connectivity index (χ0) is 16.3. The molecule has 0 fully saturated rings. The highest BCUT2D eigenvalue weighted by atomic mass is 19.4. The summed E-state index contributed by atoms with van der Waals surface area (Å²) in [6.07, 6.45) is -4.91. The van der Waals surface area contributed by atoms with Gasteiger partial charge in [-0.1, -0.05) is 42.0 Å². The quantitative estimate of drug-likeness (QED) is 0.823. The standard InChI is InChI=1S/C17H16F3NO/c1-12-5-3-7-14(9-12)11-21(16(22)17(18,19)20)15-8-4-6-13(2)10-15/h3-10H,11H2,1-2H3. The Bertz CT molecular complexity index is 680. The van der Waals surface area contributed by atoms with Gasteiger partial charge in [0.25, 0.3) is 0 Å².